The summed E-state index contributed by atoms with van der Waals surface area (Å²) in [7, 11) is -9.71. The predicted molar refractivity (Wildman–Crippen MR) is 195 cm³/mol. The molecular weight excluding hydrogens is 738 g/mol. The van der Waals surface area contributed by atoms with Crippen LogP contribution in [-0.4, -0.2) is 25.9 Å². The zero-order valence-electron chi connectivity index (χ0n) is 27.2. The molecule has 0 radical (unpaired) electrons. The number of nitrogen functional groups attached to an aromatic ring is 4. The van der Waals surface area contributed by atoms with Crippen LogP contribution in [0.4, 0.5) is 58.7 Å². The molecule has 10 N–H and O–H groups in total. The van der Waals surface area contributed by atoms with Crippen molar-refractivity contribution in [2.75, 3.05) is 22.9 Å². The van der Waals surface area contributed by atoms with E-state index in [0.717, 1.165) is 12.1 Å². The zero-order chi connectivity index (χ0) is 38.6. The third-order valence-corrected chi connectivity index (χ3v) is 10.2. The topological polar surface area (TPSA) is 262 Å². The van der Waals surface area contributed by atoms with Gasteiger partial charge in [-0.25, -0.2) is 0 Å². The molecule has 0 spiro atoms. The second-order valence-corrected chi connectivity index (χ2v) is 14.4. The molecular formula is C34H27F3N8O6S2. The second-order valence-electron chi connectivity index (χ2n) is 11.7. The normalized spacial score (nSPS) is 12.8. The Balaban J connectivity index is 1.38. The minimum Gasteiger partial charge on any atom is -0.396 e. The lowest BCUT2D eigenvalue weighted by atomic mass is 9.99. The molecule has 19 heteroatoms. The molecule has 6 rings (SSSR count). The van der Waals surface area contributed by atoms with Gasteiger partial charge < -0.3 is 22.9 Å². The molecule has 6 aromatic carbocycles. The number of fused-ring (bicyclic) bond motifs is 2. The molecule has 14 nitrogen and oxygen atoms in total. The molecule has 0 heterocycles. The fraction of sp³-hybridized carbons (Fsp3) is 0.0588. The maximum atomic E-state index is 14.4. The number of nitrogens with zero attached hydrogens (tertiary/aromatic N) is 4. The van der Waals surface area contributed by atoms with Gasteiger partial charge in [-0.15, -0.1) is 15.3 Å². The van der Waals surface area contributed by atoms with Crippen LogP contribution >= 0.6 is 0 Å². The predicted octanol–water partition coefficient (Wildman–Crippen LogP) is 8.64. The fourth-order valence-electron chi connectivity index (χ4n) is 5.84. The Hall–Kier alpha value is -6.15. The van der Waals surface area contributed by atoms with Crippen LogP contribution < -0.4 is 22.9 Å². The van der Waals surface area contributed by atoms with E-state index in [0.29, 0.717) is 11.1 Å². The van der Waals surface area contributed by atoms with Gasteiger partial charge in [0.2, 0.25) is 0 Å². The summed E-state index contributed by atoms with van der Waals surface area (Å²) in [5.41, 5.74) is 22.0. The van der Waals surface area contributed by atoms with Crippen molar-refractivity contribution in [1.29, 1.82) is 0 Å². The van der Waals surface area contributed by atoms with Crippen molar-refractivity contribution in [3.05, 3.63) is 96.1 Å². The van der Waals surface area contributed by atoms with Gasteiger partial charge in [0.05, 0.1) is 39.7 Å². The third-order valence-electron chi connectivity index (χ3n) is 8.30. The summed E-state index contributed by atoms with van der Waals surface area (Å²) in [6.45, 7) is 1.61. The molecule has 0 saturated heterocycles. The van der Waals surface area contributed by atoms with Gasteiger partial charge in [-0.2, -0.15) is 35.1 Å². The monoisotopic (exact) mass is 764 g/mol. The maximum Gasteiger partial charge on any atom is 0.418 e. The number of anilines is 4. The summed E-state index contributed by atoms with van der Waals surface area (Å²) in [6.07, 6.45) is -4.92. The zero-order valence-corrected chi connectivity index (χ0v) is 28.8. The highest BCUT2D eigenvalue weighted by molar-refractivity contribution is 7.86. The summed E-state index contributed by atoms with van der Waals surface area (Å²) in [6, 6.07) is 19.6. The number of benzene rings is 6. The molecule has 0 amide bonds. The van der Waals surface area contributed by atoms with Gasteiger partial charge in [0, 0.05) is 21.5 Å². The van der Waals surface area contributed by atoms with Crippen LogP contribution in [0.3, 0.4) is 0 Å². The van der Waals surface area contributed by atoms with Crippen molar-refractivity contribution in [3.8, 4) is 11.1 Å². The van der Waals surface area contributed by atoms with Crippen molar-refractivity contribution in [3.63, 3.8) is 0 Å². The average Bonchev–Trinajstić information content (AvgIpc) is 3.07. The summed E-state index contributed by atoms with van der Waals surface area (Å²) in [5, 5.41) is 16.2. The Morgan fingerprint density at radius 3 is 1.36 bits per heavy atom. The lowest BCUT2D eigenvalue weighted by molar-refractivity contribution is -0.137. The molecule has 0 unspecified atom stereocenters. The molecule has 0 aliphatic carbocycles. The van der Waals surface area contributed by atoms with E-state index < -0.39 is 64.5 Å². The van der Waals surface area contributed by atoms with Crippen LogP contribution in [0.1, 0.15) is 11.1 Å². The van der Waals surface area contributed by atoms with Gasteiger partial charge in [0.25, 0.3) is 20.2 Å². The minimum atomic E-state index is -4.92. The molecule has 6 aromatic rings. The second kappa shape index (κ2) is 13.1. The lowest BCUT2D eigenvalue weighted by Gasteiger charge is -2.14. The SMILES string of the molecule is Cc1cc(-c2ccc(N=Nc3c(N)c(S(=O)(=O)O)c4ccccc4c3N)c(C(F)(F)F)c2)ccc1N=Nc1c(N)c(S(=O)(=O)O)c2ccccc2c1N. The Labute approximate surface area is 299 Å². The number of hydrogen-bond acceptors (Lipinski definition) is 12. The molecule has 0 atom stereocenters. The summed E-state index contributed by atoms with van der Waals surface area (Å²) in [5.74, 6) is 0. The highest BCUT2D eigenvalue weighted by atomic mass is 32.2. The van der Waals surface area contributed by atoms with Gasteiger partial charge in [-0.05, 0) is 47.9 Å². The van der Waals surface area contributed by atoms with Crippen molar-refractivity contribution >= 4 is 87.3 Å². The minimum absolute atomic E-state index is 0.00491. The number of alkyl halides is 3. The highest BCUT2D eigenvalue weighted by Gasteiger charge is 2.34. The first-order valence-corrected chi connectivity index (χ1v) is 18.0. The van der Waals surface area contributed by atoms with Crippen molar-refractivity contribution in [1.82, 2.24) is 0 Å². The largest absolute Gasteiger partial charge is 0.418 e. The number of nitrogens with two attached hydrogens (primary N) is 4. The van der Waals surface area contributed by atoms with E-state index in [1.54, 1.807) is 19.1 Å². The first-order valence-electron chi connectivity index (χ1n) is 15.1. The van der Waals surface area contributed by atoms with E-state index in [1.807, 2.05) is 0 Å². The van der Waals surface area contributed by atoms with Crippen LogP contribution in [0, 0.1) is 6.92 Å². The van der Waals surface area contributed by atoms with Gasteiger partial charge in [0.15, 0.2) is 0 Å². The molecule has 0 aliphatic heterocycles. The Bertz CT molecular complexity index is 2790. The first-order chi connectivity index (χ1) is 24.8. The van der Waals surface area contributed by atoms with E-state index in [2.05, 4.69) is 20.5 Å². The number of halogens is 3. The third kappa shape index (κ3) is 6.80. The molecule has 0 fully saturated rings. The van der Waals surface area contributed by atoms with Crippen molar-refractivity contribution < 1.29 is 39.1 Å². The molecule has 0 aliphatic rings. The van der Waals surface area contributed by atoms with Crippen molar-refractivity contribution in [2.45, 2.75) is 22.9 Å². The average molecular weight is 765 g/mol. The smallest absolute Gasteiger partial charge is 0.396 e. The van der Waals surface area contributed by atoms with Crippen LogP contribution in [0.2, 0.25) is 0 Å². The molecule has 0 saturated carbocycles. The summed E-state index contributed by atoms with van der Waals surface area (Å²) >= 11 is 0. The van der Waals surface area contributed by atoms with Crippen LogP contribution in [0.5, 0.6) is 0 Å². The van der Waals surface area contributed by atoms with E-state index in [1.165, 1.54) is 60.7 Å². The van der Waals surface area contributed by atoms with Gasteiger partial charge in [0.1, 0.15) is 21.2 Å². The maximum absolute atomic E-state index is 14.4. The van der Waals surface area contributed by atoms with Crippen LogP contribution in [-0.2, 0) is 26.4 Å². The number of azo groups is 2. The van der Waals surface area contributed by atoms with Gasteiger partial charge >= 0.3 is 6.18 Å². The molecule has 53 heavy (non-hydrogen) atoms. The number of rotatable bonds is 7. The molecule has 0 aromatic heterocycles. The number of aryl methyl sites for hydroxylation is 1. The Kier molecular flexibility index (Phi) is 9.07. The lowest BCUT2D eigenvalue weighted by Crippen LogP contribution is -2.06. The summed E-state index contributed by atoms with van der Waals surface area (Å²) in [4.78, 5) is -1.30. The van der Waals surface area contributed by atoms with Gasteiger partial charge in [-0.1, -0.05) is 60.7 Å². The van der Waals surface area contributed by atoms with E-state index in [4.69, 9.17) is 22.9 Å². The fourth-order valence-corrected chi connectivity index (χ4v) is 7.50. The van der Waals surface area contributed by atoms with E-state index in [-0.39, 0.29) is 49.9 Å². The van der Waals surface area contributed by atoms with Crippen molar-refractivity contribution in [2.24, 2.45) is 20.5 Å². The number of hydrogen-bond donors (Lipinski definition) is 6. The Morgan fingerprint density at radius 1 is 0.547 bits per heavy atom. The van der Waals surface area contributed by atoms with Crippen LogP contribution in [0.25, 0.3) is 32.7 Å². The first kappa shape index (κ1) is 36.6. The van der Waals surface area contributed by atoms with E-state index >= 15 is 0 Å². The van der Waals surface area contributed by atoms with Crippen LogP contribution in [0.15, 0.2) is 115 Å². The highest BCUT2D eigenvalue weighted by Crippen LogP contribution is 2.46. The molecule has 0 bridgehead atoms. The standard InChI is InChI=1S/C34H27F3N8O6S2/c1-16-14-17(10-12-24(16)42-44-30-26(38)19-6-2-4-8-21(19)32(28(30)40)52(46,47)48)18-11-13-25(23(15-18)34(35,36)37)43-45-31-27(39)20-7-3-5-9-22(20)33(29(31)41)53(49,50)51/h2-15H,38-41H2,1H3,(H,46,47,48)(H,49,50,51). The van der Waals surface area contributed by atoms with E-state index in [9.17, 15) is 39.1 Å². The quantitative estimate of drug-likeness (QED) is 0.0512. The molecule has 272 valence electrons. The van der Waals surface area contributed by atoms with Gasteiger partial charge in [-0.3, -0.25) is 9.11 Å². The summed E-state index contributed by atoms with van der Waals surface area (Å²) < 4.78 is 112. The Morgan fingerprint density at radius 2 is 0.943 bits per heavy atom.